The highest BCUT2D eigenvalue weighted by molar-refractivity contribution is 5.84. The molecular weight excluding hydrogens is 210 g/mol. The zero-order valence-corrected chi connectivity index (χ0v) is 12.4. The predicted molar refractivity (Wildman–Crippen MR) is 78.5 cm³/mol. The molecule has 0 saturated carbocycles. The van der Waals surface area contributed by atoms with Crippen LogP contribution < -0.4 is 5.32 Å². The lowest BCUT2D eigenvalue weighted by molar-refractivity contribution is 0.691. The van der Waals surface area contributed by atoms with Crippen molar-refractivity contribution in [3.8, 4) is 0 Å². The standard InChI is InChI=1S/C14H29N3/c1-11(2)13(5)16-9-7-15-8-10-17-14(6)12(3)4/h11-12,15H,7-10H2,1-6H3/b16-13-,17-14-. The van der Waals surface area contributed by atoms with Crippen LogP contribution in [0.3, 0.4) is 0 Å². The fourth-order valence-electron chi connectivity index (χ4n) is 1.11. The SMILES string of the molecule is C/C(=N/CCNCC/N=C(/C)C(C)C)C(C)C. The van der Waals surface area contributed by atoms with Crippen LogP contribution >= 0.6 is 0 Å². The molecule has 100 valence electrons. The van der Waals surface area contributed by atoms with Gasteiger partial charge in [0, 0.05) is 24.5 Å². The minimum atomic E-state index is 0.563. The molecule has 0 aliphatic carbocycles. The summed E-state index contributed by atoms with van der Waals surface area (Å²) in [7, 11) is 0. The Morgan fingerprint density at radius 3 is 1.47 bits per heavy atom. The fraction of sp³-hybridized carbons (Fsp3) is 0.857. The topological polar surface area (TPSA) is 36.8 Å². The molecule has 0 unspecified atom stereocenters. The second-order valence-electron chi connectivity index (χ2n) is 5.11. The van der Waals surface area contributed by atoms with E-state index in [1.54, 1.807) is 0 Å². The first-order valence-corrected chi connectivity index (χ1v) is 6.67. The maximum absolute atomic E-state index is 4.50. The van der Waals surface area contributed by atoms with Crippen molar-refractivity contribution in [2.75, 3.05) is 26.2 Å². The van der Waals surface area contributed by atoms with Crippen molar-refractivity contribution >= 4 is 11.4 Å². The molecule has 1 N–H and O–H groups in total. The first-order chi connectivity index (χ1) is 7.95. The van der Waals surface area contributed by atoms with E-state index in [-0.39, 0.29) is 0 Å². The average Bonchev–Trinajstić information content (AvgIpc) is 2.26. The second-order valence-corrected chi connectivity index (χ2v) is 5.11. The Balaban J connectivity index is 3.54. The normalized spacial score (nSPS) is 13.9. The van der Waals surface area contributed by atoms with Crippen LogP contribution in [0.5, 0.6) is 0 Å². The summed E-state index contributed by atoms with van der Waals surface area (Å²) in [6.45, 7) is 16.5. The lowest BCUT2D eigenvalue weighted by Gasteiger charge is -2.06. The minimum absolute atomic E-state index is 0.563. The van der Waals surface area contributed by atoms with Gasteiger partial charge >= 0.3 is 0 Å². The quantitative estimate of drug-likeness (QED) is 0.513. The number of hydrogen-bond acceptors (Lipinski definition) is 3. The Morgan fingerprint density at radius 1 is 0.824 bits per heavy atom. The molecule has 0 heterocycles. The van der Waals surface area contributed by atoms with E-state index in [0.717, 1.165) is 26.2 Å². The molecule has 0 aromatic heterocycles. The maximum Gasteiger partial charge on any atom is 0.0513 e. The molecule has 0 aromatic rings. The number of aliphatic imine (C=N–C) groups is 2. The van der Waals surface area contributed by atoms with Gasteiger partial charge in [0.1, 0.15) is 0 Å². The second kappa shape index (κ2) is 9.34. The molecule has 3 nitrogen and oxygen atoms in total. The Kier molecular flexibility index (Phi) is 8.96. The molecule has 0 aliphatic rings. The molecule has 0 spiro atoms. The van der Waals surface area contributed by atoms with Gasteiger partial charge in [-0.15, -0.1) is 0 Å². The van der Waals surface area contributed by atoms with Crippen LogP contribution in [-0.4, -0.2) is 37.6 Å². The van der Waals surface area contributed by atoms with Crippen molar-refractivity contribution in [3.05, 3.63) is 0 Å². The van der Waals surface area contributed by atoms with Gasteiger partial charge in [-0.05, 0) is 25.7 Å². The van der Waals surface area contributed by atoms with Crippen LogP contribution in [0.25, 0.3) is 0 Å². The summed E-state index contributed by atoms with van der Waals surface area (Å²) < 4.78 is 0. The highest BCUT2D eigenvalue weighted by Crippen LogP contribution is 1.96. The third-order valence-electron chi connectivity index (χ3n) is 2.97. The van der Waals surface area contributed by atoms with Gasteiger partial charge in [-0.3, -0.25) is 9.98 Å². The summed E-state index contributed by atoms with van der Waals surface area (Å²) in [5, 5.41) is 3.36. The van der Waals surface area contributed by atoms with Crippen molar-refractivity contribution in [2.24, 2.45) is 21.8 Å². The molecule has 0 atom stereocenters. The van der Waals surface area contributed by atoms with Gasteiger partial charge in [0.15, 0.2) is 0 Å². The zero-order chi connectivity index (χ0) is 13.3. The Bertz CT molecular complexity index is 226. The van der Waals surface area contributed by atoms with E-state index in [1.807, 2.05) is 0 Å². The summed E-state index contributed by atoms with van der Waals surface area (Å²) in [5.41, 5.74) is 2.47. The molecule has 0 aromatic carbocycles. The molecule has 0 amide bonds. The first-order valence-electron chi connectivity index (χ1n) is 6.67. The third-order valence-corrected chi connectivity index (χ3v) is 2.97. The molecule has 0 bridgehead atoms. The Labute approximate surface area is 107 Å². The Morgan fingerprint density at radius 2 is 1.18 bits per heavy atom. The van der Waals surface area contributed by atoms with Gasteiger partial charge < -0.3 is 5.32 Å². The molecule has 17 heavy (non-hydrogen) atoms. The number of nitrogens with zero attached hydrogens (tertiary/aromatic N) is 2. The van der Waals surface area contributed by atoms with Crippen molar-refractivity contribution in [1.82, 2.24) is 5.32 Å². The van der Waals surface area contributed by atoms with Gasteiger partial charge in [-0.25, -0.2) is 0 Å². The zero-order valence-electron chi connectivity index (χ0n) is 12.4. The molecule has 0 radical (unpaired) electrons. The van der Waals surface area contributed by atoms with Gasteiger partial charge in [0.2, 0.25) is 0 Å². The highest BCUT2D eigenvalue weighted by Gasteiger charge is 1.97. The maximum atomic E-state index is 4.50. The van der Waals surface area contributed by atoms with Crippen LogP contribution in [-0.2, 0) is 0 Å². The number of nitrogens with one attached hydrogen (secondary N) is 1. The minimum Gasteiger partial charge on any atom is -0.313 e. The van der Waals surface area contributed by atoms with Crippen LogP contribution in [0, 0.1) is 11.8 Å². The van der Waals surface area contributed by atoms with E-state index < -0.39 is 0 Å². The van der Waals surface area contributed by atoms with E-state index in [1.165, 1.54) is 11.4 Å². The number of hydrogen-bond donors (Lipinski definition) is 1. The van der Waals surface area contributed by atoms with Gasteiger partial charge in [0.05, 0.1) is 13.1 Å². The summed E-state index contributed by atoms with van der Waals surface area (Å²) in [4.78, 5) is 9.01. The molecule has 0 rings (SSSR count). The smallest absolute Gasteiger partial charge is 0.0513 e. The molecule has 0 fully saturated rings. The largest absolute Gasteiger partial charge is 0.313 e. The van der Waals surface area contributed by atoms with Crippen LogP contribution in [0.1, 0.15) is 41.5 Å². The average molecular weight is 239 g/mol. The van der Waals surface area contributed by atoms with Crippen molar-refractivity contribution in [3.63, 3.8) is 0 Å². The van der Waals surface area contributed by atoms with E-state index in [4.69, 9.17) is 0 Å². The van der Waals surface area contributed by atoms with Crippen molar-refractivity contribution in [1.29, 1.82) is 0 Å². The molecule has 3 heteroatoms. The van der Waals surface area contributed by atoms with Gasteiger partial charge in [0.25, 0.3) is 0 Å². The summed E-state index contributed by atoms with van der Waals surface area (Å²) >= 11 is 0. The fourth-order valence-corrected chi connectivity index (χ4v) is 1.11. The van der Waals surface area contributed by atoms with E-state index >= 15 is 0 Å². The first kappa shape index (κ1) is 16.3. The van der Waals surface area contributed by atoms with Crippen LogP contribution in [0.15, 0.2) is 9.98 Å². The van der Waals surface area contributed by atoms with Gasteiger partial charge in [-0.1, -0.05) is 27.7 Å². The molecule has 0 aliphatic heterocycles. The van der Waals surface area contributed by atoms with Crippen molar-refractivity contribution < 1.29 is 0 Å². The monoisotopic (exact) mass is 239 g/mol. The van der Waals surface area contributed by atoms with E-state index in [2.05, 4.69) is 56.8 Å². The van der Waals surface area contributed by atoms with Crippen LogP contribution in [0.4, 0.5) is 0 Å². The lowest BCUT2D eigenvalue weighted by Crippen LogP contribution is -2.22. The Hall–Kier alpha value is -0.700. The molecular formula is C14H29N3. The van der Waals surface area contributed by atoms with E-state index in [0.29, 0.717) is 11.8 Å². The summed E-state index contributed by atoms with van der Waals surface area (Å²) in [6.07, 6.45) is 0. The lowest BCUT2D eigenvalue weighted by atomic mass is 10.1. The van der Waals surface area contributed by atoms with E-state index in [9.17, 15) is 0 Å². The third kappa shape index (κ3) is 9.04. The van der Waals surface area contributed by atoms with Gasteiger partial charge in [-0.2, -0.15) is 0 Å². The summed E-state index contributed by atoms with van der Waals surface area (Å²) in [5.74, 6) is 1.13. The summed E-state index contributed by atoms with van der Waals surface area (Å²) in [6, 6.07) is 0. The number of rotatable bonds is 8. The predicted octanol–water partition coefficient (Wildman–Crippen LogP) is 2.81. The molecule has 0 saturated heterocycles. The van der Waals surface area contributed by atoms with Crippen molar-refractivity contribution in [2.45, 2.75) is 41.5 Å². The van der Waals surface area contributed by atoms with Crippen LogP contribution in [0.2, 0.25) is 0 Å². The highest BCUT2D eigenvalue weighted by atomic mass is 14.9.